The fraction of sp³-hybridized carbons (Fsp3) is 0.926. The zero-order valence-corrected chi connectivity index (χ0v) is 23.5. The molecule has 5 aliphatic rings. The van der Waals surface area contributed by atoms with Gasteiger partial charge in [0, 0.05) is 29.5 Å². The Morgan fingerprint density at radius 2 is 2.03 bits per heavy atom. The van der Waals surface area contributed by atoms with Crippen LogP contribution < -0.4 is 0 Å². The molecule has 0 aromatic heterocycles. The second-order valence-electron chi connectivity index (χ2n) is 12.9. The van der Waals surface area contributed by atoms with Gasteiger partial charge in [0.25, 0.3) is 0 Å². The fourth-order valence-electron chi connectivity index (χ4n) is 9.57. The van der Waals surface area contributed by atoms with Crippen LogP contribution in [0.15, 0.2) is 5.11 Å². The van der Waals surface area contributed by atoms with Crippen molar-refractivity contribution < 1.29 is 15.0 Å². The number of carbonyl (C=O) groups excluding carboxylic acids is 1. The topological polar surface area (TPSA) is 110 Å². The SMILES string of the molecule is CC(CCC(=O)N1SCCC1=S)[C@H]1CCC2C3C(C[C@H](O)[C@@]21C)[C@@]1(C)CCC(N=[N+]=[N-])CC1C[C@H]3O. The summed E-state index contributed by atoms with van der Waals surface area (Å²) < 4.78 is 1.72. The van der Waals surface area contributed by atoms with E-state index in [0.717, 1.165) is 68.5 Å². The van der Waals surface area contributed by atoms with E-state index < -0.39 is 6.10 Å². The molecule has 5 rings (SSSR count). The van der Waals surface area contributed by atoms with Crippen molar-refractivity contribution in [1.29, 1.82) is 0 Å². The van der Waals surface area contributed by atoms with E-state index in [2.05, 4.69) is 30.8 Å². The number of rotatable bonds is 5. The quantitative estimate of drug-likeness (QED) is 0.150. The Morgan fingerprint density at radius 1 is 1.25 bits per heavy atom. The third kappa shape index (κ3) is 4.21. The number of thiocarbonyl (C=S) groups is 1. The molecule has 200 valence electrons. The molecular weight excluding hydrogens is 492 g/mol. The highest BCUT2D eigenvalue weighted by Gasteiger charge is 2.65. The number of amides is 1. The first-order valence-electron chi connectivity index (χ1n) is 14.0. The Balaban J connectivity index is 1.31. The molecule has 36 heavy (non-hydrogen) atoms. The van der Waals surface area contributed by atoms with Gasteiger partial charge in [-0.2, -0.15) is 0 Å². The van der Waals surface area contributed by atoms with Crippen molar-refractivity contribution in [2.24, 2.45) is 51.5 Å². The van der Waals surface area contributed by atoms with E-state index in [9.17, 15) is 15.0 Å². The van der Waals surface area contributed by atoms with Crippen molar-refractivity contribution in [2.45, 2.75) is 103 Å². The van der Waals surface area contributed by atoms with Gasteiger partial charge in [0.15, 0.2) is 0 Å². The van der Waals surface area contributed by atoms with E-state index >= 15 is 0 Å². The molecule has 0 radical (unpaired) electrons. The molecule has 0 bridgehead atoms. The standard InChI is InChI=1S/C27H42N4O3S2/c1-15(4-7-23(34)31-24(35)9-11-36-31)18-5-6-19-25-20(14-22(33)27(18,19)3)26(2)10-8-17(29-30-28)12-16(26)13-21(25)32/h15-22,25,32-33H,4-14H2,1-3H3/t15?,16?,17?,18-,19?,20?,21-,22+,25?,26+,27-/m1/s1. The molecule has 1 aliphatic heterocycles. The van der Waals surface area contributed by atoms with Gasteiger partial charge >= 0.3 is 0 Å². The molecule has 1 heterocycles. The molecule has 0 aromatic rings. The van der Waals surface area contributed by atoms with E-state index in [1.165, 1.54) is 11.9 Å². The van der Waals surface area contributed by atoms with Crippen LogP contribution in [0.25, 0.3) is 10.4 Å². The first kappa shape index (κ1) is 26.7. The first-order chi connectivity index (χ1) is 17.1. The molecule has 0 spiro atoms. The van der Waals surface area contributed by atoms with Crippen LogP contribution in [0.5, 0.6) is 0 Å². The number of carbonyl (C=O) groups is 1. The number of hydrogen-bond donors (Lipinski definition) is 2. The highest BCUT2D eigenvalue weighted by atomic mass is 32.2. The van der Waals surface area contributed by atoms with E-state index in [1.54, 1.807) is 4.31 Å². The average molecular weight is 535 g/mol. The predicted molar refractivity (Wildman–Crippen MR) is 146 cm³/mol. The van der Waals surface area contributed by atoms with Gasteiger partial charge in [-0.15, -0.1) is 0 Å². The van der Waals surface area contributed by atoms with E-state index in [0.29, 0.717) is 36.0 Å². The normalized spacial score (nSPS) is 46.9. The maximum Gasteiger partial charge on any atom is 0.237 e. The summed E-state index contributed by atoms with van der Waals surface area (Å²) in [5, 5.41) is 27.3. The molecule has 1 saturated heterocycles. The van der Waals surface area contributed by atoms with Crippen molar-refractivity contribution in [3.8, 4) is 0 Å². The number of fused-ring (bicyclic) bond motifs is 5. The minimum atomic E-state index is -0.395. The lowest BCUT2D eigenvalue weighted by molar-refractivity contribution is -0.202. The van der Waals surface area contributed by atoms with Crippen LogP contribution >= 0.6 is 24.2 Å². The van der Waals surface area contributed by atoms with Crippen LogP contribution in [-0.2, 0) is 4.79 Å². The molecule has 0 aromatic carbocycles. The van der Waals surface area contributed by atoms with Gasteiger partial charge in [0.1, 0.15) is 0 Å². The highest BCUT2D eigenvalue weighted by molar-refractivity contribution is 7.99. The van der Waals surface area contributed by atoms with Crippen molar-refractivity contribution in [3.63, 3.8) is 0 Å². The summed E-state index contributed by atoms with van der Waals surface area (Å²) in [6, 6.07) is 0.0309. The summed E-state index contributed by atoms with van der Waals surface area (Å²) in [5.74, 6) is 2.86. The summed E-state index contributed by atoms with van der Waals surface area (Å²) in [5.41, 5.74) is 8.79. The maximum absolute atomic E-state index is 12.8. The monoisotopic (exact) mass is 534 g/mol. The predicted octanol–water partition coefficient (Wildman–Crippen LogP) is 5.89. The third-order valence-electron chi connectivity index (χ3n) is 11.5. The lowest BCUT2D eigenvalue weighted by Crippen LogP contribution is -2.62. The van der Waals surface area contributed by atoms with E-state index in [4.69, 9.17) is 17.7 Å². The first-order valence-corrected chi connectivity index (χ1v) is 15.3. The molecule has 6 unspecified atom stereocenters. The van der Waals surface area contributed by atoms with E-state index in [1.807, 2.05) is 0 Å². The van der Waals surface area contributed by atoms with Crippen LogP contribution in [0.2, 0.25) is 0 Å². The van der Waals surface area contributed by atoms with Gasteiger partial charge in [0.2, 0.25) is 5.91 Å². The lowest BCUT2D eigenvalue weighted by atomic mass is 9.43. The van der Waals surface area contributed by atoms with Gasteiger partial charge in [-0.25, -0.2) is 4.31 Å². The zero-order valence-electron chi connectivity index (χ0n) is 21.9. The van der Waals surface area contributed by atoms with Crippen LogP contribution in [0, 0.1) is 46.3 Å². The molecule has 11 atom stereocenters. The minimum Gasteiger partial charge on any atom is -0.393 e. The van der Waals surface area contributed by atoms with Crippen LogP contribution in [0.4, 0.5) is 0 Å². The van der Waals surface area contributed by atoms with Gasteiger partial charge in [-0.05, 0) is 115 Å². The van der Waals surface area contributed by atoms with Gasteiger partial charge in [-0.1, -0.05) is 38.1 Å². The minimum absolute atomic E-state index is 0.0309. The number of hydrogen-bond acceptors (Lipinski definition) is 6. The van der Waals surface area contributed by atoms with Crippen LogP contribution in [0.3, 0.4) is 0 Å². The van der Waals surface area contributed by atoms with Crippen LogP contribution in [0.1, 0.15) is 85.0 Å². The number of aliphatic hydroxyl groups is 2. The Morgan fingerprint density at radius 3 is 2.72 bits per heavy atom. The summed E-state index contributed by atoms with van der Waals surface area (Å²) in [6.45, 7) is 6.91. The summed E-state index contributed by atoms with van der Waals surface area (Å²) in [7, 11) is 0. The number of aliphatic hydroxyl groups excluding tert-OH is 2. The number of azide groups is 1. The van der Waals surface area contributed by atoms with Crippen molar-refractivity contribution in [2.75, 3.05) is 5.75 Å². The van der Waals surface area contributed by atoms with E-state index in [-0.39, 0.29) is 34.8 Å². The molecule has 4 aliphatic carbocycles. The Labute approximate surface area is 224 Å². The van der Waals surface area contributed by atoms with Gasteiger partial charge in [-0.3, -0.25) is 4.79 Å². The molecule has 9 heteroatoms. The number of nitrogens with zero attached hydrogens (tertiary/aromatic N) is 4. The second-order valence-corrected chi connectivity index (χ2v) is 14.4. The molecule has 7 nitrogen and oxygen atoms in total. The third-order valence-corrected chi connectivity index (χ3v) is 13.1. The molecular formula is C27H42N4O3S2. The van der Waals surface area contributed by atoms with Crippen LogP contribution in [-0.4, -0.2) is 49.4 Å². The molecule has 2 N–H and O–H groups in total. The molecule has 4 saturated carbocycles. The second kappa shape index (κ2) is 10.0. The zero-order chi connectivity index (χ0) is 25.8. The fourth-order valence-corrected chi connectivity index (χ4v) is 11.0. The molecule has 1 amide bonds. The molecule has 5 fully saturated rings. The summed E-state index contributed by atoms with van der Waals surface area (Å²) >= 11 is 6.89. The van der Waals surface area contributed by atoms with Crippen molar-refractivity contribution in [1.82, 2.24) is 4.31 Å². The van der Waals surface area contributed by atoms with Gasteiger partial charge in [0.05, 0.1) is 17.2 Å². The van der Waals surface area contributed by atoms with Crippen molar-refractivity contribution in [3.05, 3.63) is 10.4 Å². The Kier molecular flexibility index (Phi) is 7.45. The summed E-state index contributed by atoms with van der Waals surface area (Å²) in [6.07, 6.45) is 7.75. The smallest absolute Gasteiger partial charge is 0.237 e. The lowest BCUT2D eigenvalue weighted by Gasteiger charge is -2.63. The Hall–Kier alpha value is -0.860. The van der Waals surface area contributed by atoms with Crippen molar-refractivity contribution >= 4 is 35.1 Å². The maximum atomic E-state index is 12.8. The average Bonchev–Trinajstić information content (AvgIpc) is 3.43. The largest absolute Gasteiger partial charge is 0.393 e. The van der Waals surface area contributed by atoms with Gasteiger partial charge < -0.3 is 10.2 Å². The Bertz CT molecular complexity index is 944. The highest BCUT2D eigenvalue weighted by Crippen LogP contribution is 2.68. The summed E-state index contributed by atoms with van der Waals surface area (Å²) in [4.78, 5) is 16.6.